The van der Waals surface area contributed by atoms with Crippen molar-refractivity contribution in [3.05, 3.63) is 35.9 Å². The molecule has 0 aromatic heterocycles. The highest BCUT2D eigenvalue weighted by Crippen LogP contribution is 2.30. The molecule has 0 spiro atoms. The number of aliphatic hydroxyl groups is 1. The number of ether oxygens (including phenoxy) is 1. The Labute approximate surface area is 113 Å². The van der Waals surface area contributed by atoms with E-state index in [1.165, 1.54) is 6.42 Å². The van der Waals surface area contributed by atoms with E-state index in [4.69, 9.17) is 4.74 Å². The maximum atomic E-state index is 12.1. The summed E-state index contributed by atoms with van der Waals surface area (Å²) in [5.41, 5.74) is -0.0416. The molecule has 0 heterocycles. The summed E-state index contributed by atoms with van der Waals surface area (Å²) >= 11 is 0. The number of benzene rings is 1. The predicted molar refractivity (Wildman–Crippen MR) is 72.4 cm³/mol. The molecule has 1 aliphatic carbocycles. The minimum absolute atomic E-state index is 0.564. The smallest absolute Gasteiger partial charge is 0.341 e. The van der Waals surface area contributed by atoms with Gasteiger partial charge < -0.3 is 9.84 Å². The number of esters is 1. The minimum atomic E-state index is -1.21. The Bertz CT molecular complexity index is 413. The van der Waals surface area contributed by atoms with E-state index < -0.39 is 17.8 Å². The quantitative estimate of drug-likeness (QED) is 0.645. The van der Waals surface area contributed by atoms with Crippen molar-refractivity contribution in [1.29, 1.82) is 0 Å². The number of nitrogens with one attached hydrogen (secondary N) is 1. The summed E-state index contributed by atoms with van der Waals surface area (Å²) in [6.45, 7) is 0. The van der Waals surface area contributed by atoms with Gasteiger partial charge in [0.2, 0.25) is 0 Å². The zero-order valence-electron chi connectivity index (χ0n) is 11.3. The van der Waals surface area contributed by atoms with Crippen molar-refractivity contribution >= 4 is 5.97 Å². The van der Waals surface area contributed by atoms with Crippen molar-refractivity contribution in [1.82, 2.24) is 5.32 Å². The molecule has 1 aliphatic rings. The van der Waals surface area contributed by atoms with Gasteiger partial charge in [-0.25, -0.2) is 4.79 Å². The molecule has 4 nitrogen and oxygen atoms in total. The number of carbonyl (C=O) groups is 1. The van der Waals surface area contributed by atoms with E-state index >= 15 is 0 Å². The first-order valence-electron chi connectivity index (χ1n) is 6.82. The average Bonchev–Trinajstić information content (AvgIpc) is 2.48. The standard InChI is InChI=1S/C15H21NO3/c1-16-15(10-6-3-7-11-15)19-14(18)13(17)12-8-4-2-5-9-12/h2,4-5,8-9,13,16-17H,3,6-7,10-11H2,1H3/t13-/m1/s1. The molecule has 0 radical (unpaired) electrons. The van der Waals surface area contributed by atoms with Crippen LogP contribution < -0.4 is 5.32 Å². The molecule has 1 aromatic rings. The maximum absolute atomic E-state index is 12.1. The highest BCUT2D eigenvalue weighted by Gasteiger charge is 2.36. The van der Waals surface area contributed by atoms with Gasteiger partial charge in [-0.15, -0.1) is 0 Å². The summed E-state index contributed by atoms with van der Waals surface area (Å²) in [5.74, 6) is -0.581. The first-order chi connectivity index (χ1) is 9.17. The predicted octanol–water partition coefficient (Wildman–Crippen LogP) is 2.14. The fourth-order valence-electron chi connectivity index (χ4n) is 2.55. The molecule has 2 N–H and O–H groups in total. The monoisotopic (exact) mass is 263 g/mol. The molecule has 2 rings (SSSR count). The molecular formula is C15H21NO3. The van der Waals surface area contributed by atoms with E-state index in [9.17, 15) is 9.90 Å². The summed E-state index contributed by atoms with van der Waals surface area (Å²) in [6, 6.07) is 8.87. The Kier molecular flexibility index (Phi) is 4.56. The molecule has 1 atom stereocenters. The first-order valence-corrected chi connectivity index (χ1v) is 6.82. The Morgan fingerprint density at radius 3 is 2.47 bits per heavy atom. The lowest BCUT2D eigenvalue weighted by molar-refractivity contribution is -0.177. The van der Waals surface area contributed by atoms with Crippen molar-refractivity contribution in [3.8, 4) is 0 Å². The third-order valence-electron chi connectivity index (χ3n) is 3.75. The van der Waals surface area contributed by atoms with E-state index in [2.05, 4.69) is 5.32 Å². The van der Waals surface area contributed by atoms with Crippen LogP contribution in [0.2, 0.25) is 0 Å². The van der Waals surface area contributed by atoms with E-state index in [1.54, 1.807) is 31.3 Å². The zero-order chi connectivity index (χ0) is 13.7. The van der Waals surface area contributed by atoms with Crippen molar-refractivity contribution in [3.63, 3.8) is 0 Å². The highest BCUT2D eigenvalue weighted by molar-refractivity contribution is 5.76. The van der Waals surface area contributed by atoms with Crippen LogP contribution in [0.3, 0.4) is 0 Å². The lowest BCUT2D eigenvalue weighted by atomic mass is 9.91. The first kappa shape index (κ1) is 14.0. The second-order valence-corrected chi connectivity index (χ2v) is 5.04. The summed E-state index contributed by atoms with van der Waals surface area (Å²) in [4.78, 5) is 12.1. The fourth-order valence-corrected chi connectivity index (χ4v) is 2.55. The maximum Gasteiger partial charge on any atom is 0.341 e. The lowest BCUT2D eigenvalue weighted by Crippen LogP contribution is -2.49. The van der Waals surface area contributed by atoms with Crippen molar-refractivity contribution < 1.29 is 14.6 Å². The van der Waals surface area contributed by atoms with Crippen molar-refractivity contribution in [2.75, 3.05) is 7.05 Å². The third-order valence-corrected chi connectivity index (χ3v) is 3.75. The van der Waals surface area contributed by atoms with Crippen LogP contribution in [0.4, 0.5) is 0 Å². The van der Waals surface area contributed by atoms with Crippen molar-refractivity contribution in [2.45, 2.75) is 43.9 Å². The summed E-state index contributed by atoms with van der Waals surface area (Å²) in [7, 11) is 1.80. The van der Waals surface area contributed by atoms with Crippen LogP contribution in [-0.4, -0.2) is 23.8 Å². The van der Waals surface area contributed by atoms with E-state index in [0.29, 0.717) is 5.56 Å². The molecule has 1 fully saturated rings. The molecule has 1 aromatic carbocycles. The van der Waals surface area contributed by atoms with Gasteiger partial charge >= 0.3 is 5.97 Å². The molecular weight excluding hydrogens is 242 g/mol. The molecule has 1 saturated carbocycles. The second-order valence-electron chi connectivity index (χ2n) is 5.04. The second kappa shape index (κ2) is 6.17. The minimum Gasteiger partial charge on any atom is -0.442 e. The van der Waals surface area contributed by atoms with Gasteiger partial charge in [0.25, 0.3) is 0 Å². The Balaban J connectivity index is 2.03. The average molecular weight is 263 g/mol. The molecule has 19 heavy (non-hydrogen) atoms. The normalized spacial score (nSPS) is 19.7. The number of aliphatic hydroxyl groups excluding tert-OH is 1. The number of carbonyl (C=O) groups excluding carboxylic acids is 1. The number of hydrogen-bond donors (Lipinski definition) is 2. The van der Waals surface area contributed by atoms with E-state index in [1.807, 2.05) is 6.07 Å². The van der Waals surface area contributed by atoms with Gasteiger partial charge in [-0.1, -0.05) is 36.8 Å². The van der Waals surface area contributed by atoms with Crippen LogP contribution in [-0.2, 0) is 9.53 Å². The number of hydrogen-bond acceptors (Lipinski definition) is 4. The van der Waals surface area contributed by atoms with Gasteiger partial charge in [0.15, 0.2) is 11.8 Å². The van der Waals surface area contributed by atoms with Gasteiger partial charge in [0, 0.05) is 12.8 Å². The van der Waals surface area contributed by atoms with Crippen LogP contribution in [0.1, 0.15) is 43.8 Å². The van der Waals surface area contributed by atoms with E-state index in [-0.39, 0.29) is 0 Å². The topological polar surface area (TPSA) is 58.6 Å². The van der Waals surface area contributed by atoms with Gasteiger partial charge in [0.05, 0.1) is 0 Å². The molecule has 0 unspecified atom stereocenters. The van der Waals surface area contributed by atoms with Crippen LogP contribution >= 0.6 is 0 Å². The van der Waals surface area contributed by atoms with Gasteiger partial charge in [-0.3, -0.25) is 5.32 Å². The fraction of sp³-hybridized carbons (Fsp3) is 0.533. The summed E-state index contributed by atoms with van der Waals surface area (Å²) in [5, 5.41) is 13.1. The van der Waals surface area contributed by atoms with Gasteiger partial charge in [0.1, 0.15) is 0 Å². The summed E-state index contributed by atoms with van der Waals surface area (Å²) < 4.78 is 5.54. The van der Waals surface area contributed by atoms with Gasteiger partial charge in [-0.05, 0) is 25.5 Å². The third kappa shape index (κ3) is 3.33. The number of rotatable bonds is 4. The lowest BCUT2D eigenvalue weighted by Gasteiger charge is -2.36. The van der Waals surface area contributed by atoms with Crippen LogP contribution in [0.15, 0.2) is 30.3 Å². The highest BCUT2D eigenvalue weighted by atomic mass is 16.6. The molecule has 0 saturated heterocycles. The van der Waals surface area contributed by atoms with Crippen molar-refractivity contribution in [2.24, 2.45) is 0 Å². The van der Waals surface area contributed by atoms with Crippen LogP contribution in [0, 0.1) is 0 Å². The summed E-state index contributed by atoms with van der Waals surface area (Å²) in [6.07, 6.45) is 3.63. The molecule has 4 heteroatoms. The van der Waals surface area contributed by atoms with Crippen LogP contribution in [0.25, 0.3) is 0 Å². The Hall–Kier alpha value is -1.39. The molecule has 0 bridgehead atoms. The van der Waals surface area contributed by atoms with E-state index in [0.717, 1.165) is 25.7 Å². The van der Waals surface area contributed by atoms with Gasteiger partial charge in [-0.2, -0.15) is 0 Å². The zero-order valence-corrected chi connectivity index (χ0v) is 11.3. The Morgan fingerprint density at radius 2 is 1.89 bits per heavy atom. The molecule has 0 amide bonds. The van der Waals surface area contributed by atoms with Crippen LogP contribution in [0.5, 0.6) is 0 Å². The SMILES string of the molecule is CNC1(OC(=O)[C@H](O)c2ccccc2)CCCCC1. The molecule has 104 valence electrons. The Morgan fingerprint density at radius 1 is 1.26 bits per heavy atom. The molecule has 0 aliphatic heterocycles. The largest absolute Gasteiger partial charge is 0.442 e.